The lowest BCUT2D eigenvalue weighted by atomic mass is 10.0. The van der Waals surface area contributed by atoms with Crippen LogP contribution in [0.5, 0.6) is 5.75 Å². The van der Waals surface area contributed by atoms with E-state index in [9.17, 15) is 9.59 Å². The number of H-pyrrole nitrogens is 1. The first-order valence-corrected chi connectivity index (χ1v) is 11.5. The van der Waals surface area contributed by atoms with Gasteiger partial charge < -0.3 is 20.4 Å². The number of hydrogen-bond acceptors (Lipinski definition) is 4. The molecule has 3 N–H and O–H groups in total. The Balaban J connectivity index is 1.47. The smallest absolute Gasteiger partial charge is 0.257 e. The third-order valence-electron chi connectivity index (χ3n) is 5.56. The normalized spacial score (nSPS) is 13.7. The lowest BCUT2D eigenvalue weighted by Gasteiger charge is -2.10. The number of nitrogens with one attached hydrogen (secondary N) is 3. The molecule has 0 spiro atoms. The molecule has 0 atom stereocenters. The molecule has 3 rings (SSSR count). The fourth-order valence-corrected chi connectivity index (χ4v) is 3.88. The lowest BCUT2D eigenvalue weighted by Crippen LogP contribution is -2.19. The Bertz CT molecular complexity index is 873. The van der Waals surface area contributed by atoms with Crippen molar-refractivity contribution in [3.05, 3.63) is 47.3 Å². The second-order valence-electron chi connectivity index (χ2n) is 8.66. The van der Waals surface area contributed by atoms with Gasteiger partial charge in [0.25, 0.3) is 5.91 Å². The van der Waals surface area contributed by atoms with Crippen LogP contribution < -0.4 is 15.4 Å². The summed E-state index contributed by atoms with van der Waals surface area (Å²) in [6.45, 7) is 7.09. The molecule has 0 aliphatic heterocycles. The van der Waals surface area contributed by atoms with Gasteiger partial charge in [0.05, 0.1) is 17.7 Å². The molecule has 31 heavy (non-hydrogen) atoms. The van der Waals surface area contributed by atoms with E-state index in [1.807, 2.05) is 24.3 Å². The number of fused-ring (bicyclic) bond motifs is 1. The predicted octanol–water partition coefficient (Wildman–Crippen LogP) is 4.97. The first-order chi connectivity index (χ1) is 15.0. The van der Waals surface area contributed by atoms with Gasteiger partial charge in [0.1, 0.15) is 5.75 Å². The molecule has 168 valence electrons. The first kappa shape index (κ1) is 23.1. The van der Waals surface area contributed by atoms with Gasteiger partial charge in [0.15, 0.2) is 5.78 Å². The van der Waals surface area contributed by atoms with Crippen molar-refractivity contribution in [3.63, 3.8) is 0 Å². The first-order valence-electron chi connectivity index (χ1n) is 11.5. The zero-order valence-corrected chi connectivity index (χ0v) is 18.8. The van der Waals surface area contributed by atoms with Crippen molar-refractivity contribution in [2.45, 2.75) is 58.8 Å². The van der Waals surface area contributed by atoms with Crippen LogP contribution >= 0.6 is 0 Å². The minimum Gasteiger partial charge on any atom is -0.493 e. The molecule has 1 heterocycles. The molecule has 2 aromatic rings. The van der Waals surface area contributed by atoms with Crippen molar-refractivity contribution < 1.29 is 14.3 Å². The summed E-state index contributed by atoms with van der Waals surface area (Å²) in [6.07, 6.45) is 8.18. The number of amides is 1. The van der Waals surface area contributed by atoms with E-state index in [4.69, 9.17) is 4.74 Å². The highest BCUT2D eigenvalue weighted by atomic mass is 16.5. The van der Waals surface area contributed by atoms with Crippen LogP contribution in [0.25, 0.3) is 0 Å². The Morgan fingerprint density at radius 2 is 1.97 bits per heavy atom. The monoisotopic (exact) mass is 425 g/mol. The zero-order valence-electron chi connectivity index (χ0n) is 18.8. The van der Waals surface area contributed by atoms with Crippen LogP contribution in [0.3, 0.4) is 0 Å². The number of benzene rings is 1. The molecule has 0 unspecified atom stereocenters. The fraction of sp³-hybridized carbons (Fsp3) is 0.520. The number of rotatable bonds is 11. The van der Waals surface area contributed by atoms with Crippen molar-refractivity contribution in [2.24, 2.45) is 5.92 Å². The van der Waals surface area contributed by atoms with E-state index in [0.717, 1.165) is 56.1 Å². The minimum atomic E-state index is -0.268. The zero-order chi connectivity index (χ0) is 22.1. The molecular weight excluding hydrogens is 390 g/mol. The Kier molecular flexibility index (Phi) is 8.71. The molecule has 6 heteroatoms. The summed E-state index contributed by atoms with van der Waals surface area (Å²) in [5.74, 6) is 1.26. The minimum absolute atomic E-state index is 0.0498. The summed E-state index contributed by atoms with van der Waals surface area (Å²) in [5, 5.41) is 6.35. The molecule has 0 radical (unpaired) electrons. The van der Waals surface area contributed by atoms with E-state index in [-0.39, 0.29) is 11.7 Å². The SMILES string of the molecule is CC(C)CCCNCCCOc1cccc(NC(=O)c2c[nH]c3c2C(=O)CCCC3)c1. The second kappa shape index (κ2) is 11.7. The number of carbonyl (C=O) groups is 2. The van der Waals surface area contributed by atoms with Crippen molar-refractivity contribution in [1.29, 1.82) is 0 Å². The fourth-order valence-electron chi connectivity index (χ4n) is 3.88. The van der Waals surface area contributed by atoms with Crippen LogP contribution in [0.1, 0.15) is 78.8 Å². The van der Waals surface area contributed by atoms with Crippen molar-refractivity contribution >= 4 is 17.4 Å². The van der Waals surface area contributed by atoms with Crippen LogP contribution in [0.2, 0.25) is 0 Å². The Labute approximate surface area is 185 Å². The molecule has 0 fully saturated rings. The molecule has 0 bridgehead atoms. The van der Waals surface area contributed by atoms with Crippen LogP contribution in [-0.2, 0) is 6.42 Å². The van der Waals surface area contributed by atoms with Gasteiger partial charge in [0, 0.05) is 30.1 Å². The maximum absolute atomic E-state index is 12.8. The molecule has 1 aliphatic carbocycles. The van der Waals surface area contributed by atoms with Gasteiger partial charge in [0.2, 0.25) is 0 Å². The van der Waals surface area contributed by atoms with Crippen molar-refractivity contribution in [1.82, 2.24) is 10.3 Å². The number of ketones is 1. The van der Waals surface area contributed by atoms with E-state index in [2.05, 4.69) is 29.5 Å². The average Bonchev–Trinajstić information content (AvgIpc) is 3.09. The molecule has 0 saturated heterocycles. The van der Waals surface area contributed by atoms with E-state index < -0.39 is 0 Å². The standard InChI is InChI=1S/C25H35N3O3/c1-18(2)8-6-13-26-14-7-15-31-20-10-5-9-19(16-20)28-25(30)21-17-27-22-11-3-4-12-23(29)24(21)22/h5,9-10,16-18,26-27H,3-4,6-8,11-15H2,1-2H3,(H,28,30). The van der Waals surface area contributed by atoms with Gasteiger partial charge in [-0.05, 0) is 69.7 Å². The maximum Gasteiger partial charge on any atom is 0.257 e. The molecule has 1 aromatic heterocycles. The van der Waals surface area contributed by atoms with E-state index in [0.29, 0.717) is 29.8 Å². The van der Waals surface area contributed by atoms with Crippen LogP contribution in [-0.4, -0.2) is 36.4 Å². The molecule has 0 saturated carbocycles. The second-order valence-corrected chi connectivity index (χ2v) is 8.66. The number of hydrogen-bond donors (Lipinski definition) is 3. The van der Waals surface area contributed by atoms with Crippen LogP contribution in [0.4, 0.5) is 5.69 Å². The van der Waals surface area contributed by atoms with E-state index in [1.54, 1.807) is 6.20 Å². The third-order valence-corrected chi connectivity index (χ3v) is 5.56. The summed E-state index contributed by atoms with van der Waals surface area (Å²) in [5.41, 5.74) is 2.52. The number of Topliss-reactive ketones (excluding diaryl/α,β-unsaturated/α-hetero) is 1. The van der Waals surface area contributed by atoms with Crippen molar-refractivity contribution in [3.8, 4) is 5.75 Å². The summed E-state index contributed by atoms with van der Waals surface area (Å²) >= 11 is 0. The molecule has 1 aromatic carbocycles. The van der Waals surface area contributed by atoms with E-state index >= 15 is 0 Å². The van der Waals surface area contributed by atoms with Crippen molar-refractivity contribution in [2.75, 3.05) is 25.0 Å². The van der Waals surface area contributed by atoms with Gasteiger partial charge in [-0.15, -0.1) is 0 Å². The molecule has 1 aliphatic rings. The van der Waals surface area contributed by atoms with E-state index in [1.165, 1.54) is 12.8 Å². The largest absolute Gasteiger partial charge is 0.493 e. The summed E-state index contributed by atoms with van der Waals surface area (Å²) in [4.78, 5) is 28.4. The number of carbonyl (C=O) groups excluding carboxylic acids is 2. The summed E-state index contributed by atoms with van der Waals surface area (Å²) in [7, 11) is 0. The molecule has 6 nitrogen and oxygen atoms in total. The Morgan fingerprint density at radius 3 is 2.81 bits per heavy atom. The van der Waals surface area contributed by atoms with Gasteiger partial charge in [-0.25, -0.2) is 0 Å². The highest BCUT2D eigenvalue weighted by Crippen LogP contribution is 2.25. The molecular formula is C25H35N3O3. The van der Waals surface area contributed by atoms with Gasteiger partial charge >= 0.3 is 0 Å². The Hall–Kier alpha value is -2.60. The summed E-state index contributed by atoms with van der Waals surface area (Å²) < 4.78 is 5.84. The van der Waals surface area contributed by atoms with Crippen LogP contribution in [0, 0.1) is 5.92 Å². The van der Waals surface area contributed by atoms with Gasteiger partial charge in [-0.2, -0.15) is 0 Å². The third kappa shape index (κ3) is 6.96. The average molecular weight is 426 g/mol. The maximum atomic E-state index is 12.8. The number of aromatic amines is 1. The lowest BCUT2D eigenvalue weighted by molar-refractivity contribution is 0.0965. The highest BCUT2D eigenvalue weighted by molar-refractivity contribution is 6.13. The number of aryl methyl sites for hydroxylation is 1. The van der Waals surface area contributed by atoms with Crippen LogP contribution in [0.15, 0.2) is 30.5 Å². The Morgan fingerprint density at radius 1 is 1.16 bits per heavy atom. The quantitative estimate of drug-likeness (QED) is 0.351. The van der Waals surface area contributed by atoms with Gasteiger partial charge in [-0.1, -0.05) is 19.9 Å². The molecule has 1 amide bonds. The number of anilines is 1. The number of aromatic nitrogens is 1. The predicted molar refractivity (Wildman–Crippen MR) is 124 cm³/mol. The summed E-state index contributed by atoms with van der Waals surface area (Å²) in [6, 6.07) is 7.39. The van der Waals surface area contributed by atoms with Gasteiger partial charge in [-0.3, -0.25) is 9.59 Å². The topological polar surface area (TPSA) is 83.2 Å². The number of ether oxygens (including phenoxy) is 1. The highest BCUT2D eigenvalue weighted by Gasteiger charge is 2.24.